The Bertz CT molecular complexity index is 547. The Labute approximate surface area is 104 Å². The maximum absolute atomic E-state index is 10.9. The van der Waals surface area contributed by atoms with E-state index in [0.29, 0.717) is 5.56 Å². The molecule has 1 amide bonds. The Kier molecular flexibility index (Phi) is 3.25. The fourth-order valence-electron chi connectivity index (χ4n) is 1.44. The lowest BCUT2D eigenvalue weighted by Crippen LogP contribution is -2.10. The van der Waals surface area contributed by atoms with Crippen LogP contribution in [0.5, 0.6) is 0 Å². The van der Waals surface area contributed by atoms with Crippen molar-refractivity contribution in [3.05, 3.63) is 53.7 Å². The fourth-order valence-corrected chi connectivity index (χ4v) is 1.60. The number of nitrogens with zero attached hydrogens (tertiary/aromatic N) is 1. The lowest BCUT2D eigenvalue weighted by atomic mass is 10.1. The van der Waals surface area contributed by atoms with Gasteiger partial charge in [-0.2, -0.15) is 0 Å². The number of hydrogen-bond acceptors (Lipinski definition) is 3. The summed E-state index contributed by atoms with van der Waals surface area (Å²) in [5.41, 5.74) is 8.31. The van der Waals surface area contributed by atoms with Gasteiger partial charge in [-0.05, 0) is 17.7 Å². The fraction of sp³-hybridized carbons (Fsp3) is 0. The smallest absolute Gasteiger partial charge is 0.250 e. The Morgan fingerprint density at radius 2 is 1.88 bits per heavy atom. The number of aromatic nitrogens is 1. The average Bonchev–Trinajstić information content (AvgIpc) is 2.39. The monoisotopic (exact) mass is 242 g/mol. The zero-order chi connectivity index (χ0) is 12.3. The summed E-state index contributed by atoms with van der Waals surface area (Å²) in [4.78, 5) is 15.1. The van der Waals surface area contributed by atoms with Crippen LogP contribution in [0, 0.1) is 0 Å². The highest BCUT2D eigenvalue weighted by molar-refractivity contribution is 7.79. The van der Waals surface area contributed by atoms with Crippen molar-refractivity contribution in [3.63, 3.8) is 0 Å². The van der Waals surface area contributed by atoms with Crippen molar-refractivity contribution in [1.29, 1.82) is 0 Å². The molecule has 1 aromatic heterocycles. The maximum Gasteiger partial charge on any atom is 0.250 e. The largest absolute Gasteiger partial charge is 0.366 e. The van der Waals surface area contributed by atoms with Crippen molar-refractivity contribution in [2.75, 3.05) is 0 Å². The van der Waals surface area contributed by atoms with Gasteiger partial charge in [-0.1, -0.05) is 36.5 Å². The highest BCUT2D eigenvalue weighted by Gasteiger charge is 2.02. The molecule has 0 saturated carbocycles. The molecule has 0 spiro atoms. The van der Waals surface area contributed by atoms with E-state index < -0.39 is 5.91 Å². The average molecular weight is 242 g/mol. The van der Waals surface area contributed by atoms with Gasteiger partial charge in [-0.25, -0.2) is 0 Å². The summed E-state index contributed by atoms with van der Waals surface area (Å²) in [7, 11) is 0. The molecule has 0 radical (unpaired) electrons. The molecule has 0 aliphatic rings. The van der Waals surface area contributed by atoms with E-state index in [4.69, 9.17) is 18.0 Å². The second-order valence-electron chi connectivity index (χ2n) is 3.54. The number of rotatable bonds is 3. The first kappa shape index (κ1) is 11.4. The van der Waals surface area contributed by atoms with Crippen LogP contribution in [0.2, 0.25) is 0 Å². The summed E-state index contributed by atoms with van der Waals surface area (Å²) < 4.78 is 0. The van der Waals surface area contributed by atoms with Crippen molar-refractivity contribution in [1.82, 2.24) is 4.98 Å². The molecular weight excluding hydrogens is 232 g/mol. The minimum atomic E-state index is -0.472. The van der Waals surface area contributed by atoms with Crippen molar-refractivity contribution in [2.45, 2.75) is 0 Å². The Morgan fingerprint density at radius 3 is 2.35 bits per heavy atom. The third-order valence-electron chi connectivity index (χ3n) is 2.39. The predicted octanol–water partition coefficient (Wildman–Crippen LogP) is 2.20. The van der Waals surface area contributed by atoms with Gasteiger partial charge in [-0.15, -0.1) is 0 Å². The van der Waals surface area contributed by atoms with Gasteiger partial charge in [0.2, 0.25) is 5.91 Å². The summed E-state index contributed by atoms with van der Waals surface area (Å²) in [5, 5.41) is 1.62. The molecule has 4 heteroatoms. The van der Waals surface area contributed by atoms with E-state index in [1.54, 1.807) is 17.5 Å². The summed E-state index contributed by atoms with van der Waals surface area (Å²) >= 11 is 4.83. The number of carbonyl (C=O) groups excluding carboxylic acids is 1. The number of benzene rings is 1. The molecule has 2 N–H and O–H groups in total. The van der Waals surface area contributed by atoms with E-state index in [9.17, 15) is 4.79 Å². The molecule has 1 aromatic carbocycles. The Morgan fingerprint density at radius 1 is 1.18 bits per heavy atom. The van der Waals surface area contributed by atoms with Crippen LogP contribution >= 0.6 is 12.2 Å². The van der Waals surface area contributed by atoms with Gasteiger partial charge in [0.15, 0.2) is 0 Å². The van der Waals surface area contributed by atoms with Crippen LogP contribution in [0.1, 0.15) is 15.9 Å². The first-order valence-corrected chi connectivity index (χ1v) is 5.49. The predicted molar refractivity (Wildman–Crippen MR) is 70.9 cm³/mol. The van der Waals surface area contributed by atoms with Crippen molar-refractivity contribution < 1.29 is 4.79 Å². The zero-order valence-electron chi connectivity index (χ0n) is 8.96. The molecule has 0 saturated heterocycles. The van der Waals surface area contributed by atoms with Crippen LogP contribution in [0.25, 0.3) is 11.3 Å². The molecule has 3 nitrogen and oxygen atoms in total. The van der Waals surface area contributed by atoms with Crippen LogP contribution in [-0.4, -0.2) is 16.3 Å². The van der Waals surface area contributed by atoms with E-state index in [0.717, 1.165) is 16.8 Å². The minimum absolute atomic E-state index is 0.407. The molecule has 0 fully saturated rings. The van der Waals surface area contributed by atoms with Crippen LogP contribution in [-0.2, 0) is 0 Å². The number of amides is 1. The zero-order valence-corrected chi connectivity index (χ0v) is 9.78. The van der Waals surface area contributed by atoms with E-state index in [1.807, 2.05) is 24.3 Å². The number of nitrogens with two attached hydrogens (primary N) is 1. The van der Waals surface area contributed by atoms with Crippen LogP contribution in [0.15, 0.2) is 42.6 Å². The summed E-state index contributed by atoms with van der Waals surface area (Å²) in [6.07, 6.45) is 1.48. The highest BCUT2D eigenvalue weighted by Crippen LogP contribution is 2.17. The quantitative estimate of drug-likeness (QED) is 0.839. The van der Waals surface area contributed by atoms with Gasteiger partial charge in [0.1, 0.15) is 0 Å². The van der Waals surface area contributed by atoms with Crippen molar-refractivity contribution >= 4 is 23.5 Å². The molecule has 2 aromatic rings. The van der Waals surface area contributed by atoms with E-state index in [-0.39, 0.29) is 0 Å². The second-order valence-corrected chi connectivity index (χ2v) is 3.77. The molecule has 0 aliphatic heterocycles. The van der Waals surface area contributed by atoms with Crippen LogP contribution in [0.3, 0.4) is 0 Å². The number of carbonyl (C=O) groups is 1. The first-order valence-electron chi connectivity index (χ1n) is 5.02. The third-order valence-corrected chi connectivity index (χ3v) is 2.66. The second kappa shape index (κ2) is 4.84. The third kappa shape index (κ3) is 2.54. The lowest BCUT2D eigenvalue weighted by molar-refractivity contribution is 0.1000. The van der Waals surface area contributed by atoms with Gasteiger partial charge in [0, 0.05) is 17.1 Å². The molecule has 0 aliphatic carbocycles. The lowest BCUT2D eigenvalue weighted by Gasteiger charge is -2.02. The Hall–Kier alpha value is -2.07. The number of hydrogen-bond donors (Lipinski definition) is 1. The van der Waals surface area contributed by atoms with Gasteiger partial charge < -0.3 is 5.73 Å². The van der Waals surface area contributed by atoms with Gasteiger partial charge >= 0.3 is 0 Å². The minimum Gasteiger partial charge on any atom is -0.366 e. The molecule has 0 unspecified atom stereocenters. The summed E-state index contributed by atoms with van der Waals surface area (Å²) in [6, 6.07) is 11.1. The first-order chi connectivity index (χ1) is 8.20. The van der Waals surface area contributed by atoms with Gasteiger partial charge in [0.25, 0.3) is 0 Å². The number of primary amides is 1. The van der Waals surface area contributed by atoms with Crippen LogP contribution in [0.4, 0.5) is 0 Å². The standard InChI is InChI=1S/C13H10N2OS/c14-13(16)11-5-6-12(15-7-11)10-3-1-9(8-17)2-4-10/h1-8H,(H2,14,16). The normalized spacial score (nSPS) is 9.88. The topological polar surface area (TPSA) is 56.0 Å². The number of thiocarbonyl (C=S) groups is 1. The van der Waals surface area contributed by atoms with E-state index in [1.165, 1.54) is 6.20 Å². The van der Waals surface area contributed by atoms with Crippen molar-refractivity contribution in [3.8, 4) is 11.3 Å². The SMILES string of the molecule is NC(=O)c1ccc(-c2ccc(C=S)cc2)nc1. The van der Waals surface area contributed by atoms with Crippen LogP contribution < -0.4 is 5.73 Å². The summed E-state index contributed by atoms with van der Waals surface area (Å²) in [6.45, 7) is 0. The Balaban J connectivity index is 2.32. The van der Waals surface area contributed by atoms with Gasteiger partial charge in [-0.3, -0.25) is 9.78 Å². The highest BCUT2D eigenvalue weighted by atomic mass is 32.1. The van der Waals surface area contributed by atoms with Crippen molar-refractivity contribution in [2.24, 2.45) is 5.73 Å². The summed E-state index contributed by atoms with van der Waals surface area (Å²) in [5.74, 6) is -0.472. The maximum atomic E-state index is 10.9. The molecular formula is C13H10N2OS. The number of pyridine rings is 1. The molecule has 0 bridgehead atoms. The molecule has 2 rings (SSSR count). The molecule has 17 heavy (non-hydrogen) atoms. The molecule has 84 valence electrons. The van der Waals surface area contributed by atoms with E-state index >= 15 is 0 Å². The molecule has 0 atom stereocenters. The van der Waals surface area contributed by atoms with E-state index in [2.05, 4.69) is 4.98 Å². The van der Waals surface area contributed by atoms with Gasteiger partial charge in [0.05, 0.1) is 11.3 Å². The molecule has 1 heterocycles.